The van der Waals surface area contributed by atoms with Gasteiger partial charge < -0.3 is 25.5 Å². The van der Waals surface area contributed by atoms with Crippen molar-refractivity contribution in [3.63, 3.8) is 0 Å². The van der Waals surface area contributed by atoms with Crippen molar-refractivity contribution >= 4 is 23.3 Å². The number of nitrogens with zero attached hydrogens (tertiary/aromatic N) is 3. The van der Waals surface area contributed by atoms with Gasteiger partial charge in [-0.2, -0.15) is 0 Å². The summed E-state index contributed by atoms with van der Waals surface area (Å²) < 4.78 is 0. The highest BCUT2D eigenvalue weighted by Crippen LogP contribution is 2.30. The third-order valence-corrected chi connectivity index (χ3v) is 6.41. The van der Waals surface area contributed by atoms with Gasteiger partial charge in [0.1, 0.15) is 0 Å². The number of carbonyl (C=O) groups is 2. The summed E-state index contributed by atoms with van der Waals surface area (Å²) in [6.07, 6.45) is -0.109. The minimum Gasteiger partial charge on any atom is -0.481 e. The van der Waals surface area contributed by atoms with E-state index in [1.54, 1.807) is 29.2 Å². The van der Waals surface area contributed by atoms with Gasteiger partial charge in [0.05, 0.1) is 17.8 Å². The van der Waals surface area contributed by atoms with Crippen LogP contribution in [0.15, 0.2) is 72.8 Å². The number of aliphatic carboxylic acids is 1. The first-order chi connectivity index (χ1) is 16.9. The molecule has 0 atom stereocenters. The third-order valence-electron chi connectivity index (χ3n) is 6.41. The largest absolute Gasteiger partial charge is 0.481 e. The van der Waals surface area contributed by atoms with Crippen molar-refractivity contribution in [3.8, 4) is 11.1 Å². The van der Waals surface area contributed by atoms with Gasteiger partial charge in [0.25, 0.3) is 5.91 Å². The number of nitrogens with two attached hydrogens (primary N) is 1. The molecule has 0 aromatic heterocycles. The molecule has 182 valence electrons. The highest BCUT2D eigenvalue weighted by atomic mass is 16.4. The van der Waals surface area contributed by atoms with E-state index >= 15 is 0 Å². The summed E-state index contributed by atoms with van der Waals surface area (Å²) in [5, 5.41) is 9.17. The number of piperazine rings is 1. The lowest BCUT2D eigenvalue weighted by Gasteiger charge is -2.34. The van der Waals surface area contributed by atoms with Crippen LogP contribution in [0.25, 0.3) is 11.1 Å². The molecule has 0 saturated carbocycles. The molecule has 1 heterocycles. The van der Waals surface area contributed by atoms with E-state index in [1.165, 1.54) is 0 Å². The molecule has 3 aromatic carbocycles. The summed E-state index contributed by atoms with van der Waals surface area (Å²) in [5.41, 5.74) is 11.7. The van der Waals surface area contributed by atoms with Crippen LogP contribution in [0.5, 0.6) is 0 Å². The van der Waals surface area contributed by atoms with Crippen LogP contribution in [0.1, 0.15) is 22.3 Å². The number of hydrogen-bond acceptors (Lipinski definition) is 5. The number of carbonyl (C=O) groups excluding carboxylic acids is 1. The first kappa shape index (κ1) is 24.3. The predicted molar refractivity (Wildman–Crippen MR) is 139 cm³/mol. The van der Waals surface area contributed by atoms with Crippen LogP contribution in [0.3, 0.4) is 0 Å². The predicted octanol–water partition coefficient (Wildman–Crippen LogP) is 3.80. The molecule has 1 amide bonds. The Labute approximate surface area is 206 Å². The molecule has 3 aromatic rings. The fraction of sp³-hybridized carbons (Fsp3) is 0.286. The van der Waals surface area contributed by atoms with Crippen LogP contribution in [0.2, 0.25) is 0 Å². The molecule has 1 aliphatic heterocycles. The molecule has 35 heavy (non-hydrogen) atoms. The van der Waals surface area contributed by atoms with Crippen molar-refractivity contribution in [2.24, 2.45) is 0 Å². The first-order valence-corrected chi connectivity index (χ1v) is 11.9. The van der Waals surface area contributed by atoms with Crippen molar-refractivity contribution in [2.45, 2.75) is 13.0 Å². The smallest absolute Gasteiger partial charge is 0.305 e. The van der Waals surface area contributed by atoms with Gasteiger partial charge >= 0.3 is 5.97 Å². The van der Waals surface area contributed by atoms with Crippen molar-refractivity contribution in [3.05, 3.63) is 83.9 Å². The number of benzene rings is 3. The molecule has 4 rings (SSSR count). The number of amides is 1. The van der Waals surface area contributed by atoms with E-state index < -0.39 is 5.97 Å². The summed E-state index contributed by atoms with van der Waals surface area (Å²) in [5.74, 6) is -1.11. The number of carboxylic acid groups (broad SMARTS) is 1. The molecule has 0 bridgehead atoms. The molecule has 0 radical (unpaired) electrons. The van der Waals surface area contributed by atoms with Gasteiger partial charge in [-0.15, -0.1) is 0 Å². The summed E-state index contributed by atoms with van der Waals surface area (Å²) >= 11 is 0. The van der Waals surface area contributed by atoms with E-state index in [2.05, 4.69) is 29.0 Å². The summed E-state index contributed by atoms with van der Waals surface area (Å²) in [6.45, 7) is 4.41. The summed E-state index contributed by atoms with van der Waals surface area (Å²) in [4.78, 5) is 30.5. The van der Waals surface area contributed by atoms with E-state index in [-0.39, 0.29) is 18.9 Å². The van der Waals surface area contributed by atoms with Gasteiger partial charge in [0.2, 0.25) is 0 Å². The van der Waals surface area contributed by atoms with Crippen LogP contribution in [0, 0.1) is 0 Å². The standard InChI is InChI=1S/C28H32N4O3/c1-30-14-16-31(17-15-30)26-11-10-24(19-25(26)29)23-9-5-6-21(18-23)20-32(13-12-27(33)34)28(35)22-7-3-2-4-8-22/h2-11,18-19H,12-17,20,29H2,1H3,(H,33,34). The quantitative estimate of drug-likeness (QED) is 0.485. The second kappa shape index (κ2) is 11.1. The number of carboxylic acids is 1. The number of hydrogen-bond donors (Lipinski definition) is 2. The molecule has 1 aliphatic rings. The minimum absolute atomic E-state index is 0.109. The van der Waals surface area contributed by atoms with Crippen molar-refractivity contribution in [1.29, 1.82) is 0 Å². The molecular formula is C28H32N4O3. The highest BCUT2D eigenvalue weighted by molar-refractivity contribution is 5.94. The van der Waals surface area contributed by atoms with Gasteiger partial charge in [-0.25, -0.2) is 0 Å². The zero-order valence-electron chi connectivity index (χ0n) is 20.1. The van der Waals surface area contributed by atoms with Crippen LogP contribution in [-0.4, -0.2) is 66.6 Å². The van der Waals surface area contributed by atoms with Gasteiger partial charge in [-0.1, -0.05) is 42.5 Å². The lowest BCUT2D eigenvalue weighted by atomic mass is 10.0. The number of likely N-dealkylation sites (N-methyl/N-ethyl adjacent to an activating group) is 1. The van der Waals surface area contributed by atoms with Gasteiger partial charge in [0, 0.05) is 44.8 Å². The summed E-state index contributed by atoms with van der Waals surface area (Å²) in [7, 11) is 2.13. The number of anilines is 2. The topological polar surface area (TPSA) is 90.1 Å². The zero-order chi connectivity index (χ0) is 24.8. The molecule has 7 heteroatoms. The van der Waals surface area contributed by atoms with E-state index in [1.807, 2.05) is 36.4 Å². The maximum absolute atomic E-state index is 13.1. The lowest BCUT2D eigenvalue weighted by molar-refractivity contribution is -0.137. The lowest BCUT2D eigenvalue weighted by Crippen LogP contribution is -2.44. The fourth-order valence-electron chi connectivity index (χ4n) is 4.39. The van der Waals surface area contributed by atoms with Crippen LogP contribution in [0.4, 0.5) is 11.4 Å². The maximum atomic E-state index is 13.1. The highest BCUT2D eigenvalue weighted by Gasteiger charge is 2.19. The molecular weight excluding hydrogens is 440 g/mol. The Morgan fingerprint density at radius 3 is 2.31 bits per heavy atom. The fourth-order valence-corrected chi connectivity index (χ4v) is 4.39. The summed E-state index contributed by atoms with van der Waals surface area (Å²) in [6, 6.07) is 23.1. The van der Waals surface area contributed by atoms with Crippen molar-refractivity contribution < 1.29 is 14.7 Å². The third kappa shape index (κ3) is 6.19. The zero-order valence-corrected chi connectivity index (χ0v) is 20.1. The molecule has 1 fully saturated rings. The van der Waals surface area contributed by atoms with Crippen LogP contribution >= 0.6 is 0 Å². The van der Waals surface area contributed by atoms with Crippen LogP contribution in [-0.2, 0) is 11.3 Å². The molecule has 0 spiro atoms. The van der Waals surface area contributed by atoms with Crippen LogP contribution < -0.4 is 10.6 Å². The molecule has 0 unspecified atom stereocenters. The molecule has 3 N–H and O–H groups in total. The maximum Gasteiger partial charge on any atom is 0.305 e. The Kier molecular flexibility index (Phi) is 7.67. The second-order valence-corrected chi connectivity index (χ2v) is 9.00. The van der Waals surface area contributed by atoms with Gasteiger partial charge in [-0.05, 0) is 54.1 Å². The Balaban J connectivity index is 1.53. The van der Waals surface area contributed by atoms with Gasteiger partial charge in [0.15, 0.2) is 0 Å². The number of rotatable bonds is 8. The first-order valence-electron chi connectivity index (χ1n) is 11.9. The molecule has 1 saturated heterocycles. The normalized spacial score (nSPS) is 14.0. The SMILES string of the molecule is CN1CCN(c2ccc(-c3cccc(CN(CCC(=O)O)C(=O)c4ccccc4)c3)cc2N)CC1. The average molecular weight is 473 g/mol. The Morgan fingerprint density at radius 1 is 0.914 bits per heavy atom. The van der Waals surface area contributed by atoms with E-state index in [0.29, 0.717) is 12.1 Å². The molecule has 7 nitrogen and oxygen atoms in total. The Morgan fingerprint density at radius 2 is 1.63 bits per heavy atom. The Hall–Kier alpha value is -3.84. The second-order valence-electron chi connectivity index (χ2n) is 9.00. The number of nitrogen functional groups attached to an aromatic ring is 1. The van der Waals surface area contributed by atoms with Crippen molar-refractivity contribution in [1.82, 2.24) is 9.80 Å². The van der Waals surface area contributed by atoms with Crippen molar-refractivity contribution in [2.75, 3.05) is 50.4 Å². The van der Waals surface area contributed by atoms with E-state index in [9.17, 15) is 14.7 Å². The van der Waals surface area contributed by atoms with E-state index in [4.69, 9.17) is 5.73 Å². The monoisotopic (exact) mass is 472 g/mol. The molecule has 0 aliphatic carbocycles. The van der Waals surface area contributed by atoms with Gasteiger partial charge in [-0.3, -0.25) is 9.59 Å². The average Bonchev–Trinajstić information content (AvgIpc) is 2.87. The Bertz CT molecular complexity index is 1170. The minimum atomic E-state index is -0.930. The van der Waals surface area contributed by atoms with E-state index in [0.717, 1.165) is 54.2 Å².